The lowest BCUT2D eigenvalue weighted by atomic mass is 10.1. The molecular weight excluding hydrogens is 380 g/mol. The minimum atomic E-state index is -0.221. The molecule has 8 heteroatoms. The number of fused-ring (bicyclic) bond motifs is 2. The molecule has 1 amide bonds. The zero-order chi connectivity index (χ0) is 20.8. The van der Waals surface area contributed by atoms with Crippen molar-refractivity contribution in [3.8, 4) is 6.07 Å². The van der Waals surface area contributed by atoms with Gasteiger partial charge in [0, 0.05) is 30.5 Å². The summed E-state index contributed by atoms with van der Waals surface area (Å²) in [6, 6.07) is 9.67. The first kappa shape index (κ1) is 18.4. The minimum Gasteiger partial charge on any atom is -0.338 e. The number of hydrogen-bond donors (Lipinski definition) is 2. The second kappa shape index (κ2) is 7.02. The Balaban J connectivity index is 1.55. The third-order valence-corrected chi connectivity index (χ3v) is 6.04. The number of carbonyl (C=O) groups excluding carboxylic acids is 1. The Bertz CT molecular complexity index is 1250. The predicted molar refractivity (Wildman–Crippen MR) is 112 cm³/mol. The molecule has 1 atom stereocenters. The summed E-state index contributed by atoms with van der Waals surface area (Å²) >= 11 is 0. The van der Waals surface area contributed by atoms with Crippen LogP contribution in [0.3, 0.4) is 0 Å². The fraction of sp³-hybridized carbons (Fsp3) is 0.364. The summed E-state index contributed by atoms with van der Waals surface area (Å²) in [6.07, 6.45) is 4.13. The maximum Gasteiger partial charge on any atom is 0.261 e. The topological polar surface area (TPSA) is 107 Å². The van der Waals surface area contributed by atoms with Gasteiger partial charge in [0.05, 0.1) is 24.0 Å². The van der Waals surface area contributed by atoms with Crippen molar-refractivity contribution in [2.75, 3.05) is 11.9 Å². The van der Waals surface area contributed by atoms with Crippen LogP contribution in [-0.2, 0) is 6.54 Å². The Morgan fingerprint density at radius 1 is 1.33 bits per heavy atom. The lowest BCUT2D eigenvalue weighted by Gasteiger charge is -2.14. The second-order valence-corrected chi connectivity index (χ2v) is 7.94. The van der Waals surface area contributed by atoms with E-state index < -0.39 is 0 Å². The van der Waals surface area contributed by atoms with E-state index in [1.165, 1.54) is 0 Å². The first-order chi connectivity index (χ1) is 14.6. The molecule has 5 rings (SSSR count). The van der Waals surface area contributed by atoms with Crippen LogP contribution in [0.4, 0.5) is 11.5 Å². The van der Waals surface area contributed by atoms with Crippen LogP contribution in [0.1, 0.15) is 48.1 Å². The number of anilines is 2. The number of rotatable bonds is 6. The quantitative estimate of drug-likeness (QED) is 0.658. The summed E-state index contributed by atoms with van der Waals surface area (Å²) in [6.45, 7) is 3.22. The number of pyridine rings is 1. The molecule has 1 aromatic carbocycles. The van der Waals surface area contributed by atoms with Gasteiger partial charge in [-0.2, -0.15) is 10.4 Å². The van der Waals surface area contributed by atoms with Crippen LogP contribution in [0.2, 0.25) is 0 Å². The summed E-state index contributed by atoms with van der Waals surface area (Å²) in [4.78, 5) is 29.5. The Labute approximate surface area is 173 Å². The SMILES string of the molecule is CCN1Cc2cc(Nc3nn([C@@H](CC#N)C4CC4)c4cc[nH]c(=O)c34)ccc2C1=O. The molecule has 3 aromatic rings. The van der Waals surface area contributed by atoms with Crippen LogP contribution in [-0.4, -0.2) is 32.1 Å². The van der Waals surface area contributed by atoms with Crippen molar-refractivity contribution in [3.05, 3.63) is 51.9 Å². The third kappa shape index (κ3) is 2.94. The van der Waals surface area contributed by atoms with Gasteiger partial charge in [-0.1, -0.05) is 0 Å². The van der Waals surface area contributed by atoms with Crippen LogP contribution < -0.4 is 10.9 Å². The van der Waals surface area contributed by atoms with E-state index in [0.29, 0.717) is 36.6 Å². The van der Waals surface area contributed by atoms with E-state index in [-0.39, 0.29) is 17.5 Å². The van der Waals surface area contributed by atoms with Gasteiger partial charge in [0.1, 0.15) is 5.39 Å². The van der Waals surface area contributed by atoms with Crippen LogP contribution in [0.25, 0.3) is 10.9 Å². The first-order valence-corrected chi connectivity index (χ1v) is 10.3. The molecule has 1 aliphatic heterocycles. The Morgan fingerprint density at radius 2 is 2.17 bits per heavy atom. The highest BCUT2D eigenvalue weighted by Crippen LogP contribution is 2.43. The molecular formula is C22H22N6O2. The van der Waals surface area contributed by atoms with Gasteiger partial charge in [-0.05, 0) is 55.5 Å². The number of benzene rings is 1. The van der Waals surface area contributed by atoms with Crippen molar-refractivity contribution in [2.24, 2.45) is 5.92 Å². The standard InChI is InChI=1S/C22H22N6O2/c1-2-27-12-14-11-15(5-6-16(14)22(27)30)25-20-19-18(8-10-24-21(19)29)28(26-20)17(7-9-23)13-3-4-13/h5-6,8,10-11,13,17H,2-4,7,12H2,1H3,(H,24,29)(H,25,26)/t17-/m0/s1. The number of aromatic nitrogens is 3. The predicted octanol–water partition coefficient (Wildman–Crippen LogP) is 3.31. The molecule has 3 heterocycles. The van der Waals surface area contributed by atoms with Gasteiger partial charge in [-0.3, -0.25) is 14.3 Å². The largest absolute Gasteiger partial charge is 0.338 e. The molecule has 2 aliphatic rings. The van der Waals surface area contributed by atoms with E-state index in [9.17, 15) is 14.9 Å². The van der Waals surface area contributed by atoms with Crippen molar-refractivity contribution in [2.45, 2.75) is 38.8 Å². The lowest BCUT2D eigenvalue weighted by molar-refractivity contribution is 0.0787. The number of H-pyrrole nitrogens is 1. The zero-order valence-electron chi connectivity index (χ0n) is 16.7. The van der Waals surface area contributed by atoms with Gasteiger partial charge >= 0.3 is 0 Å². The molecule has 1 fully saturated rings. The summed E-state index contributed by atoms with van der Waals surface area (Å²) in [7, 11) is 0. The smallest absolute Gasteiger partial charge is 0.261 e. The molecule has 2 N–H and O–H groups in total. The van der Waals surface area contributed by atoms with E-state index in [4.69, 9.17) is 5.10 Å². The van der Waals surface area contributed by atoms with Gasteiger partial charge < -0.3 is 15.2 Å². The average molecular weight is 402 g/mol. The molecule has 0 bridgehead atoms. The minimum absolute atomic E-state index is 0.0365. The third-order valence-electron chi connectivity index (χ3n) is 6.04. The Morgan fingerprint density at radius 3 is 2.90 bits per heavy atom. The highest BCUT2D eigenvalue weighted by Gasteiger charge is 2.34. The van der Waals surface area contributed by atoms with E-state index in [1.54, 1.807) is 11.1 Å². The molecule has 8 nitrogen and oxygen atoms in total. The Hall–Kier alpha value is -3.60. The zero-order valence-corrected chi connectivity index (χ0v) is 16.7. The molecule has 152 valence electrons. The van der Waals surface area contributed by atoms with Gasteiger partial charge in [-0.25, -0.2) is 0 Å². The van der Waals surface area contributed by atoms with Crippen molar-refractivity contribution in [1.82, 2.24) is 19.7 Å². The number of aromatic amines is 1. The van der Waals surface area contributed by atoms with Crippen LogP contribution in [0.5, 0.6) is 0 Å². The van der Waals surface area contributed by atoms with Crippen LogP contribution in [0.15, 0.2) is 35.3 Å². The maximum atomic E-state index is 12.6. The Kier molecular flexibility index (Phi) is 4.31. The lowest BCUT2D eigenvalue weighted by Crippen LogP contribution is -2.22. The van der Waals surface area contributed by atoms with E-state index in [2.05, 4.69) is 16.4 Å². The summed E-state index contributed by atoms with van der Waals surface area (Å²) < 4.78 is 1.84. The van der Waals surface area contributed by atoms with Gasteiger partial charge in [0.2, 0.25) is 0 Å². The molecule has 0 radical (unpaired) electrons. The molecule has 1 aliphatic carbocycles. The fourth-order valence-electron chi connectivity index (χ4n) is 4.32. The van der Waals surface area contributed by atoms with Crippen molar-refractivity contribution >= 4 is 28.3 Å². The maximum absolute atomic E-state index is 12.6. The summed E-state index contributed by atoms with van der Waals surface area (Å²) in [5.74, 6) is 0.937. The fourth-order valence-corrected chi connectivity index (χ4v) is 4.32. The van der Waals surface area contributed by atoms with Crippen molar-refractivity contribution in [3.63, 3.8) is 0 Å². The summed E-state index contributed by atoms with van der Waals surface area (Å²) in [5, 5.41) is 17.8. The number of nitrogens with zero attached hydrogens (tertiary/aromatic N) is 4. The van der Waals surface area contributed by atoms with Gasteiger partial charge in [-0.15, -0.1) is 0 Å². The number of carbonyl (C=O) groups is 1. The highest BCUT2D eigenvalue weighted by molar-refractivity contribution is 5.99. The monoisotopic (exact) mass is 402 g/mol. The van der Waals surface area contributed by atoms with Gasteiger partial charge in [0.15, 0.2) is 5.82 Å². The number of nitriles is 1. The van der Waals surface area contributed by atoms with Crippen LogP contribution in [0, 0.1) is 17.2 Å². The normalized spacial score (nSPS) is 16.5. The molecule has 1 saturated carbocycles. The summed E-state index contributed by atoms with van der Waals surface area (Å²) in [5.41, 5.74) is 2.96. The van der Waals surface area contributed by atoms with Crippen LogP contribution >= 0.6 is 0 Å². The molecule has 0 saturated heterocycles. The second-order valence-electron chi connectivity index (χ2n) is 7.94. The molecule has 0 unspecified atom stereocenters. The van der Waals surface area contributed by atoms with Gasteiger partial charge in [0.25, 0.3) is 11.5 Å². The van der Waals surface area contributed by atoms with Crippen molar-refractivity contribution < 1.29 is 4.79 Å². The molecule has 2 aromatic heterocycles. The number of hydrogen-bond acceptors (Lipinski definition) is 5. The molecule has 0 spiro atoms. The van der Waals surface area contributed by atoms with E-state index in [1.807, 2.05) is 35.9 Å². The average Bonchev–Trinajstić information content (AvgIpc) is 3.45. The molecule has 30 heavy (non-hydrogen) atoms. The highest BCUT2D eigenvalue weighted by atomic mass is 16.2. The van der Waals surface area contributed by atoms with Crippen molar-refractivity contribution in [1.29, 1.82) is 5.26 Å². The van der Waals surface area contributed by atoms with E-state index >= 15 is 0 Å². The van der Waals surface area contributed by atoms with E-state index in [0.717, 1.165) is 35.2 Å². The number of amides is 1. The first-order valence-electron chi connectivity index (χ1n) is 10.3. The number of nitrogens with one attached hydrogen (secondary N) is 2.